The van der Waals surface area contributed by atoms with Gasteiger partial charge in [0.05, 0.1) is 17.7 Å². The van der Waals surface area contributed by atoms with Gasteiger partial charge in [-0.2, -0.15) is 0 Å². The molecule has 0 aliphatic carbocycles. The molecule has 0 saturated carbocycles. The zero-order chi connectivity index (χ0) is 21.0. The van der Waals surface area contributed by atoms with Gasteiger partial charge in [-0.15, -0.1) is 0 Å². The van der Waals surface area contributed by atoms with Crippen LogP contribution in [0.3, 0.4) is 0 Å². The Hall–Kier alpha value is -2.62. The molecule has 0 aliphatic heterocycles. The summed E-state index contributed by atoms with van der Waals surface area (Å²) in [4.78, 5) is 17.0. The number of halogens is 1. The molecule has 0 fully saturated rings. The third-order valence-electron chi connectivity index (χ3n) is 3.99. The highest BCUT2D eigenvalue weighted by Crippen LogP contribution is 2.26. The van der Waals surface area contributed by atoms with Crippen molar-refractivity contribution >= 4 is 44.0 Å². The van der Waals surface area contributed by atoms with Gasteiger partial charge in [0.2, 0.25) is 0 Å². The summed E-state index contributed by atoms with van der Waals surface area (Å²) in [5, 5.41) is 3.44. The topological polar surface area (TPSA) is 97.4 Å². The van der Waals surface area contributed by atoms with E-state index in [9.17, 15) is 13.2 Å². The number of sulfonamides is 1. The number of anilines is 1. The van der Waals surface area contributed by atoms with Crippen molar-refractivity contribution in [3.05, 3.63) is 69.7 Å². The minimum atomic E-state index is -3.84. The lowest BCUT2D eigenvalue weighted by Crippen LogP contribution is -2.22. The third-order valence-corrected chi connectivity index (χ3v) is 6.92. The van der Waals surface area contributed by atoms with Crippen LogP contribution in [-0.2, 0) is 16.6 Å². The van der Waals surface area contributed by atoms with Crippen LogP contribution in [0.15, 0.2) is 53.4 Å². The number of rotatable bonds is 7. The number of methoxy groups -OCH3 is 1. The highest BCUT2D eigenvalue weighted by molar-refractivity contribution is 7.93. The highest BCUT2D eigenvalue weighted by atomic mass is 35.5. The maximum atomic E-state index is 12.5. The van der Waals surface area contributed by atoms with Gasteiger partial charge in [0.25, 0.3) is 15.9 Å². The number of amides is 1. The number of carbonyl (C=O) groups is 1. The van der Waals surface area contributed by atoms with E-state index in [1.807, 2.05) is 18.2 Å². The second kappa shape index (κ2) is 8.81. The predicted molar refractivity (Wildman–Crippen MR) is 113 cm³/mol. The molecule has 2 N–H and O–H groups in total. The summed E-state index contributed by atoms with van der Waals surface area (Å²) in [5.74, 6) is 0.196. The van der Waals surface area contributed by atoms with Gasteiger partial charge in [-0.25, -0.2) is 13.4 Å². The Morgan fingerprint density at radius 1 is 1.17 bits per heavy atom. The average molecular weight is 452 g/mol. The summed E-state index contributed by atoms with van der Waals surface area (Å²) >= 11 is 7.06. The molecule has 0 spiro atoms. The van der Waals surface area contributed by atoms with Crippen molar-refractivity contribution in [1.82, 2.24) is 10.3 Å². The molecule has 1 amide bonds. The van der Waals surface area contributed by atoms with Crippen LogP contribution in [0.4, 0.5) is 5.13 Å². The number of thiazole rings is 1. The van der Waals surface area contributed by atoms with E-state index in [4.69, 9.17) is 16.3 Å². The van der Waals surface area contributed by atoms with Crippen LogP contribution in [0, 0.1) is 6.92 Å². The molecule has 0 saturated heterocycles. The third kappa shape index (κ3) is 5.06. The van der Waals surface area contributed by atoms with Gasteiger partial charge in [-0.3, -0.25) is 9.52 Å². The summed E-state index contributed by atoms with van der Waals surface area (Å²) in [6, 6.07) is 13.2. The molecule has 10 heteroatoms. The van der Waals surface area contributed by atoms with E-state index in [-0.39, 0.29) is 22.5 Å². The number of nitrogens with one attached hydrogen (secondary N) is 2. The molecule has 1 heterocycles. The Morgan fingerprint density at radius 2 is 1.86 bits per heavy atom. The van der Waals surface area contributed by atoms with Crippen molar-refractivity contribution in [1.29, 1.82) is 0 Å². The molecule has 0 unspecified atom stereocenters. The van der Waals surface area contributed by atoms with E-state index < -0.39 is 10.0 Å². The van der Waals surface area contributed by atoms with Gasteiger partial charge in [0.15, 0.2) is 5.13 Å². The van der Waals surface area contributed by atoms with Crippen LogP contribution in [0.1, 0.15) is 20.9 Å². The zero-order valence-corrected chi connectivity index (χ0v) is 18.0. The molecule has 0 radical (unpaired) electrons. The number of ether oxygens (including phenoxy) is 1. The average Bonchev–Trinajstić information content (AvgIpc) is 3.06. The van der Waals surface area contributed by atoms with E-state index in [1.54, 1.807) is 25.1 Å². The standard InChI is InChI=1S/C19H18ClN3O4S2/c1-12-17(18(24)21-11-13-5-3-4-6-16(13)20)28-19(22-12)23-29(25,26)15-9-7-14(27-2)8-10-15/h3-10H,11H2,1-2H3,(H,21,24)(H,22,23). The van der Waals surface area contributed by atoms with Gasteiger partial charge >= 0.3 is 0 Å². The number of benzene rings is 2. The Bertz CT molecular complexity index is 1130. The number of hydrogen-bond donors (Lipinski definition) is 2. The maximum Gasteiger partial charge on any atom is 0.263 e. The Kier molecular flexibility index (Phi) is 6.41. The largest absolute Gasteiger partial charge is 0.497 e. The zero-order valence-electron chi connectivity index (χ0n) is 15.6. The van der Waals surface area contributed by atoms with Crippen molar-refractivity contribution in [2.24, 2.45) is 0 Å². The fourth-order valence-electron chi connectivity index (χ4n) is 2.48. The highest BCUT2D eigenvalue weighted by Gasteiger charge is 2.20. The van der Waals surface area contributed by atoms with E-state index in [1.165, 1.54) is 19.2 Å². The predicted octanol–water partition coefficient (Wildman–Crippen LogP) is 3.84. The molecule has 3 rings (SSSR count). The number of hydrogen-bond acceptors (Lipinski definition) is 6. The van der Waals surface area contributed by atoms with Crippen molar-refractivity contribution in [2.45, 2.75) is 18.4 Å². The monoisotopic (exact) mass is 451 g/mol. The first-order valence-electron chi connectivity index (χ1n) is 8.46. The van der Waals surface area contributed by atoms with E-state index >= 15 is 0 Å². The fraction of sp³-hybridized carbons (Fsp3) is 0.158. The number of nitrogens with zero attached hydrogens (tertiary/aromatic N) is 1. The summed E-state index contributed by atoms with van der Waals surface area (Å²) in [6.07, 6.45) is 0. The van der Waals surface area contributed by atoms with Crippen molar-refractivity contribution < 1.29 is 17.9 Å². The summed E-state index contributed by atoms with van der Waals surface area (Å²) in [6.45, 7) is 1.90. The normalized spacial score (nSPS) is 11.1. The molecule has 0 aliphatic rings. The van der Waals surface area contributed by atoms with Gasteiger partial charge in [-0.1, -0.05) is 41.1 Å². The fourth-order valence-corrected chi connectivity index (χ4v) is 4.80. The van der Waals surface area contributed by atoms with Crippen LogP contribution in [0.5, 0.6) is 5.75 Å². The molecule has 7 nitrogen and oxygen atoms in total. The lowest BCUT2D eigenvalue weighted by Gasteiger charge is -2.06. The lowest BCUT2D eigenvalue weighted by molar-refractivity contribution is 0.0954. The quantitative estimate of drug-likeness (QED) is 0.568. The smallest absolute Gasteiger partial charge is 0.263 e. The number of aromatic nitrogens is 1. The molecule has 2 aromatic carbocycles. The second-order valence-electron chi connectivity index (χ2n) is 5.99. The molecule has 29 heavy (non-hydrogen) atoms. The molecule has 1 aromatic heterocycles. The van der Waals surface area contributed by atoms with Crippen LogP contribution >= 0.6 is 22.9 Å². The van der Waals surface area contributed by atoms with Crippen molar-refractivity contribution in [3.63, 3.8) is 0 Å². The van der Waals surface area contributed by atoms with Gasteiger partial charge in [-0.05, 0) is 42.8 Å². The van der Waals surface area contributed by atoms with Gasteiger partial charge < -0.3 is 10.1 Å². The maximum absolute atomic E-state index is 12.5. The number of aryl methyl sites for hydroxylation is 1. The van der Waals surface area contributed by atoms with E-state index in [0.29, 0.717) is 21.3 Å². The Balaban J connectivity index is 1.72. The minimum absolute atomic E-state index is 0.0656. The molecule has 152 valence electrons. The van der Waals surface area contributed by atoms with Gasteiger partial charge in [0, 0.05) is 11.6 Å². The van der Waals surface area contributed by atoms with Gasteiger partial charge in [0.1, 0.15) is 10.6 Å². The second-order valence-corrected chi connectivity index (χ2v) is 9.08. The van der Waals surface area contributed by atoms with E-state index in [2.05, 4.69) is 15.0 Å². The molecule has 0 bridgehead atoms. The molecular formula is C19H18ClN3O4S2. The SMILES string of the molecule is COc1ccc(S(=O)(=O)Nc2nc(C)c(C(=O)NCc3ccccc3Cl)s2)cc1. The summed E-state index contributed by atoms with van der Waals surface area (Å²) < 4.78 is 32.5. The van der Waals surface area contributed by atoms with Crippen LogP contribution in [0.2, 0.25) is 5.02 Å². The molecule has 3 aromatic rings. The summed E-state index contributed by atoms with van der Waals surface area (Å²) in [7, 11) is -2.34. The van der Waals surface area contributed by atoms with Crippen LogP contribution in [-0.4, -0.2) is 26.4 Å². The van der Waals surface area contributed by atoms with Crippen molar-refractivity contribution in [2.75, 3.05) is 11.8 Å². The first-order chi connectivity index (χ1) is 13.8. The summed E-state index contributed by atoms with van der Waals surface area (Å²) in [5.41, 5.74) is 1.21. The van der Waals surface area contributed by atoms with Crippen LogP contribution < -0.4 is 14.8 Å². The minimum Gasteiger partial charge on any atom is -0.497 e. The Morgan fingerprint density at radius 3 is 2.52 bits per heavy atom. The van der Waals surface area contributed by atoms with Crippen LogP contribution in [0.25, 0.3) is 0 Å². The molecule has 0 atom stereocenters. The molecular weight excluding hydrogens is 434 g/mol. The first kappa shape index (κ1) is 21.1. The number of carbonyl (C=O) groups excluding carboxylic acids is 1. The lowest BCUT2D eigenvalue weighted by atomic mass is 10.2. The van der Waals surface area contributed by atoms with Crippen molar-refractivity contribution in [3.8, 4) is 5.75 Å². The Labute approximate surface area is 177 Å². The van der Waals surface area contributed by atoms with E-state index in [0.717, 1.165) is 16.9 Å². The first-order valence-corrected chi connectivity index (χ1v) is 11.1.